The summed E-state index contributed by atoms with van der Waals surface area (Å²) in [7, 11) is -7.19. The Morgan fingerprint density at radius 1 is 0.615 bits per heavy atom. The average Bonchev–Trinajstić information content (AvgIpc) is 3.25. The first kappa shape index (κ1) is 17.4. The van der Waals surface area contributed by atoms with Crippen LogP contribution in [-0.4, -0.2) is 41.6 Å². The molecule has 0 aromatic heterocycles. The summed E-state index contributed by atoms with van der Waals surface area (Å²) in [5, 5.41) is 0. The van der Waals surface area contributed by atoms with Crippen LogP contribution in [0, 0.1) is 47.3 Å². The molecule has 8 atom stereocenters. The van der Waals surface area contributed by atoms with Crippen molar-refractivity contribution < 1.29 is 25.2 Å². The quantitative estimate of drug-likeness (QED) is 0.526. The smallest absolute Gasteiger partial charge is 0.264 e. The maximum atomic E-state index is 12.0. The van der Waals surface area contributed by atoms with Crippen molar-refractivity contribution in [1.29, 1.82) is 0 Å². The third-order valence-corrected chi connectivity index (χ3v) is 8.40. The molecule has 144 valence electrons. The van der Waals surface area contributed by atoms with Crippen molar-refractivity contribution in [3.63, 3.8) is 0 Å². The molecule has 8 heteroatoms. The van der Waals surface area contributed by atoms with Crippen LogP contribution in [0.5, 0.6) is 0 Å². The normalized spacial score (nSPS) is 51.0. The van der Waals surface area contributed by atoms with E-state index in [0.29, 0.717) is 0 Å². The lowest BCUT2D eigenvalue weighted by Crippen LogP contribution is -2.57. The Bertz CT molecular complexity index is 779. The van der Waals surface area contributed by atoms with E-state index in [-0.39, 0.29) is 59.6 Å². The molecule has 5 rings (SSSR count). The van der Waals surface area contributed by atoms with E-state index in [2.05, 4.69) is 24.3 Å². The average molecular weight is 401 g/mol. The van der Waals surface area contributed by atoms with Crippen LogP contribution in [0.1, 0.15) is 12.8 Å². The van der Waals surface area contributed by atoms with E-state index >= 15 is 0 Å². The standard InChI is InChI=1S/C18H24O6S2/c1-25(19,20)23-17-13-9-3-5-11(7-9)15(13)18(24-26(2,21)22)16-12-6-4-10(8-12)14(16)17/h3-6,9-18H,7-8H2,1-2H3. The highest BCUT2D eigenvalue weighted by molar-refractivity contribution is 7.86. The summed E-state index contributed by atoms with van der Waals surface area (Å²) in [6.07, 6.45) is 12.0. The second-order valence-electron chi connectivity index (χ2n) is 8.74. The minimum Gasteiger partial charge on any atom is -0.266 e. The highest BCUT2D eigenvalue weighted by atomic mass is 32.2. The fourth-order valence-electron chi connectivity index (χ4n) is 6.82. The summed E-state index contributed by atoms with van der Waals surface area (Å²) in [5.74, 6) is 0.970. The molecule has 0 aromatic carbocycles. The van der Waals surface area contributed by atoms with Gasteiger partial charge < -0.3 is 0 Å². The van der Waals surface area contributed by atoms with E-state index in [4.69, 9.17) is 8.37 Å². The molecule has 0 radical (unpaired) electrons. The van der Waals surface area contributed by atoms with Crippen LogP contribution in [0.2, 0.25) is 0 Å². The molecule has 3 saturated carbocycles. The van der Waals surface area contributed by atoms with Gasteiger partial charge in [0.05, 0.1) is 24.7 Å². The largest absolute Gasteiger partial charge is 0.266 e. The predicted molar refractivity (Wildman–Crippen MR) is 94.9 cm³/mol. The van der Waals surface area contributed by atoms with Crippen LogP contribution in [0.4, 0.5) is 0 Å². The van der Waals surface area contributed by atoms with Gasteiger partial charge >= 0.3 is 0 Å². The van der Waals surface area contributed by atoms with Crippen molar-refractivity contribution in [2.45, 2.75) is 25.0 Å². The van der Waals surface area contributed by atoms with Gasteiger partial charge in [0.1, 0.15) is 0 Å². The lowest BCUT2D eigenvalue weighted by Gasteiger charge is -2.51. The Morgan fingerprint density at radius 3 is 1.12 bits per heavy atom. The van der Waals surface area contributed by atoms with Gasteiger partial charge in [-0.1, -0.05) is 24.3 Å². The molecule has 0 aromatic rings. The van der Waals surface area contributed by atoms with Crippen molar-refractivity contribution in [2.75, 3.05) is 12.5 Å². The number of fused-ring (bicyclic) bond motifs is 10. The second-order valence-corrected chi connectivity index (χ2v) is 11.9. The molecule has 0 heterocycles. The Kier molecular flexibility index (Phi) is 3.63. The zero-order valence-corrected chi connectivity index (χ0v) is 16.4. The topological polar surface area (TPSA) is 86.7 Å². The van der Waals surface area contributed by atoms with Gasteiger partial charge in [-0.25, -0.2) is 0 Å². The van der Waals surface area contributed by atoms with Gasteiger partial charge in [-0.2, -0.15) is 16.8 Å². The van der Waals surface area contributed by atoms with E-state index < -0.39 is 20.2 Å². The molecule has 4 bridgehead atoms. The van der Waals surface area contributed by atoms with Crippen LogP contribution < -0.4 is 0 Å². The summed E-state index contributed by atoms with van der Waals surface area (Å²) in [4.78, 5) is 0. The third kappa shape index (κ3) is 2.56. The monoisotopic (exact) mass is 400 g/mol. The van der Waals surface area contributed by atoms with Gasteiger partial charge in [0, 0.05) is 0 Å². The molecule has 5 aliphatic rings. The van der Waals surface area contributed by atoms with Crippen molar-refractivity contribution in [1.82, 2.24) is 0 Å². The van der Waals surface area contributed by atoms with E-state index in [9.17, 15) is 16.8 Å². The molecule has 0 saturated heterocycles. The number of rotatable bonds is 4. The van der Waals surface area contributed by atoms with E-state index in [0.717, 1.165) is 25.4 Å². The predicted octanol–water partition coefficient (Wildman–Crippen LogP) is 1.57. The Labute approximate surface area is 154 Å². The number of hydrogen-bond donors (Lipinski definition) is 0. The molecule has 0 amide bonds. The first-order valence-electron chi connectivity index (χ1n) is 9.25. The van der Waals surface area contributed by atoms with Crippen LogP contribution in [0.15, 0.2) is 24.3 Å². The molecule has 3 fully saturated rings. The van der Waals surface area contributed by atoms with Gasteiger partial charge in [-0.15, -0.1) is 0 Å². The molecule has 6 nitrogen and oxygen atoms in total. The van der Waals surface area contributed by atoms with Gasteiger partial charge in [0.25, 0.3) is 20.2 Å². The molecule has 5 aliphatic carbocycles. The zero-order valence-electron chi connectivity index (χ0n) is 14.8. The molecule has 0 aliphatic heterocycles. The molecule has 0 spiro atoms. The first-order valence-corrected chi connectivity index (χ1v) is 12.9. The molecular formula is C18H24O6S2. The van der Waals surface area contributed by atoms with Crippen molar-refractivity contribution >= 4 is 20.2 Å². The van der Waals surface area contributed by atoms with Gasteiger partial charge in [-0.05, 0) is 60.2 Å². The fourth-order valence-corrected chi connectivity index (χ4v) is 8.14. The highest BCUT2D eigenvalue weighted by Crippen LogP contribution is 2.65. The minimum absolute atomic E-state index is 0.000440. The van der Waals surface area contributed by atoms with Crippen LogP contribution in [0.25, 0.3) is 0 Å². The maximum Gasteiger partial charge on any atom is 0.264 e. The Morgan fingerprint density at radius 2 is 0.885 bits per heavy atom. The summed E-state index contributed by atoms with van der Waals surface area (Å²) in [6, 6.07) is 0. The van der Waals surface area contributed by atoms with Crippen LogP contribution in [0.3, 0.4) is 0 Å². The number of allylic oxidation sites excluding steroid dienone is 4. The summed E-state index contributed by atoms with van der Waals surface area (Å²) < 4.78 is 59.4. The summed E-state index contributed by atoms with van der Waals surface area (Å²) >= 11 is 0. The van der Waals surface area contributed by atoms with Crippen molar-refractivity contribution in [3.05, 3.63) is 24.3 Å². The van der Waals surface area contributed by atoms with Crippen molar-refractivity contribution in [2.24, 2.45) is 47.3 Å². The highest BCUT2D eigenvalue weighted by Gasteiger charge is 2.66. The van der Waals surface area contributed by atoms with E-state index in [1.54, 1.807) is 0 Å². The molecule has 8 unspecified atom stereocenters. The zero-order chi connectivity index (χ0) is 18.4. The summed E-state index contributed by atoms with van der Waals surface area (Å²) in [5.41, 5.74) is 0. The van der Waals surface area contributed by atoms with Crippen LogP contribution >= 0.6 is 0 Å². The van der Waals surface area contributed by atoms with Crippen molar-refractivity contribution in [3.8, 4) is 0 Å². The second kappa shape index (κ2) is 5.43. The van der Waals surface area contributed by atoms with E-state index in [1.165, 1.54) is 0 Å². The van der Waals surface area contributed by atoms with E-state index in [1.807, 2.05) is 0 Å². The minimum atomic E-state index is -3.59. The van der Waals surface area contributed by atoms with Gasteiger partial charge in [0.15, 0.2) is 0 Å². The maximum absolute atomic E-state index is 12.0. The molecule has 0 N–H and O–H groups in total. The lowest BCUT2D eigenvalue weighted by molar-refractivity contribution is -0.101. The number of hydrogen-bond acceptors (Lipinski definition) is 6. The van der Waals surface area contributed by atoms with Gasteiger partial charge in [0.2, 0.25) is 0 Å². The Balaban J connectivity index is 1.62. The summed E-state index contributed by atoms with van der Waals surface area (Å²) in [6.45, 7) is 0. The third-order valence-electron chi connectivity index (χ3n) is 7.26. The lowest BCUT2D eigenvalue weighted by atomic mass is 9.59. The SMILES string of the molecule is CS(=O)(=O)OC1C2C3C=CC(C3)C2C(OS(C)(=O)=O)C2C3C=CC(C3)C12. The molecular weight excluding hydrogens is 376 g/mol. The first-order chi connectivity index (χ1) is 12.1. The van der Waals surface area contributed by atoms with Gasteiger partial charge in [-0.3, -0.25) is 8.37 Å². The Hall–Kier alpha value is -0.700. The van der Waals surface area contributed by atoms with Crippen LogP contribution in [-0.2, 0) is 28.6 Å². The molecule has 26 heavy (non-hydrogen) atoms. The fraction of sp³-hybridized carbons (Fsp3) is 0.778.